The molecule has 18 heavy (non-hydrogen) atoms. The third-order valence-corrected chi connectivity index (χ3v) is 5.20. The fraction of sp³-hybridized carbons (Fsp3) is 0.625. The van der Waals surface area contributed by atoms with Crippen molar-refractivity contribution in [1.82, 2.24) is 0 Å². The van der Waals surface area contributed by atoms with Gasteiger partial charge >= 0.3 is 0 Å². The van der Waals surface area contributed by atoms with E-state index in [4.69, 9.17) is 4.74 Å². The maximum absolute atomic E-state index is 5.13. The summed E-state index contributed by atoms with van der Waals surface area (Å²) in [6, 6.07) is 8.91. The highest BCUT2D eigenvalue weighted by molar-refractivity contribution is 9.09. The number of benzene rings is 1. The smallest absolute Gasteiger partial charge is 0.0462 e. The fourth-order valence-corrected chi connectivity index (χ4v) is 3.90. The van der Waals surface area contributed by atoms with Crippen molar-refractivity contribution in [2.45, 2.75) is 43.4 Å². The van der Waals surface area contributed by atoms with Gasteiger partial charge in [-0.25, -0.2) is 0 Å². The first-order chi connectivity index (χ1) is 8.83. The molecule has 1 aliphatic rings. The van der Waals surface area contributed by atoms with Gasteiger partial charge in [0.2, 0.25) is 0 Å². The third kappa shape index (κ3) is 3.58. The van der Waals surface area contributed by atoms with Crippen LogP contribution in [0.2, 0.25) is 0 Å². The Bertz CT molecular complexity index is 364. The predicted molar refractivity (Wildman–Crippen MR) is 80.3 cm³/mol. The van der Waals surface area contributed by atoms with Crippen LogP contribution < -0.4 is 0 Å². The van der Waals surface area contributed by atoms with E-state index in [9.17, 15) is 0 Å². The van der Waals surface area contributed by atoms with Crippen LogP contribution in [0.4, 0.5) is 0 Å². The zero-order valence-electron chi connectivity index (χ0n) is 11.2. The summed E-state index contributed by atoms with van der Waals surface area (Å²) in [5, 5.41) is 0. The molecule has 0 amide bonds. The topological polar surface area (TPSA) is 9.23 Å². The molecule has 0 heterocycles. The molecule has 0 radical (unpaired) electrons. The summed E-state index contributed by atoms with van der Waals surface area (Å²) in [6.45, 7) is 0.899. The number of halogens is 1. The van der Waals surface area contributed by atoms with Crippen LogP contribution in [-0.2, 0) is 11.2 Å². The number of rotatable bonds is 5. The second-order valence-corrected chi connectivity index (χ2v) is 6.23. The molecule has 2 unspecified atom stereocenters. The molecule has 0 spiro atoms. The number of hydrogen-bond acceptors (Lipinski definition) is 1. The Morgan fingerprint density at radius 1 is 1.28 bits per heavy atom. The van der Waals surface area contributed by atoms with Crippen molar-refractivity contribution in [3.05, 3.63) is 35.4 Å². The van der Waals surface area contributed by atoms with Gasteiger partial charge in [0.25, 0.3) is 0 Å². The molecule has 1 nitrogen and oxygen atoms in total. The first-order valence-electron chi connectivity index (χ1n) is 7.03. The van der Waals surface area contributed by atoms with E-state index in [-0.39, 0.29) is 0 Å². The zero-order chi connectivity index (χ0) is 12.8. The lowest BCUT2D eigenvalue weighted by Crippen LogP contribution is -2.07. The molecule has 1 aromatic rings. The molecule has 100 valence electrons. The molecule has 2 atom stereocenters. The predicted octanol–water partition coefficient (Wildman–Crippen LogP) is 4.89. The number of unbranched alkanes of at least 4 members (excludes halogenated alkanes) is 1. The minimum Gasteiger partial charge on any atom is -0.385 e. The number of ether oxygens (including phenoxy) is 1. The maximum Gasteiger partial charge on any atom is 0.0462 e. The lowest BCUT2D eigenvalue weighted by Gasteiger charge is -2.21. The summed E-state index contributed by atoms with van der Waals surface area (Å²) in [5.41, 5.74) is 3.06. The summed E-state index contributed by atoms with van der Waals surface area (Å²) < 4.78 is 5.13. The maximum atomic E-state index is 5.13. The molecule has 0 saturated carbocycles. The lowest BCUT2D eigenvalue weighted by molar-refractivity contribution is 0.189. The first-order valence-corrected chi connectivity index (χ1v) is 7.95. The van der Waals surface area contributed by atoms with Crippen LogP contribution >= 0.6 is 15.9 Å². The van der Waals surface area contributed by atoms with Gasteiger partial charge in [-0.15, -0.1) is 0 Å². The Labute approximate surface area is 119 Å². The molecular formula is C16H23BrO. The van der Waals surface area contributed by atoms with Crippen LogP contribution in [0.15, 0.2) is 24.3 Å². The van der Waals surface area contributed by atoms with Gasteiger partial charge in [-0.2, -0.15) is 0 Å². The van der Waals surface area contributed by atoms with E-state index in [1.807, 2.05) is 0 Å². The third-order valence-electron chi connectivity index (χ3n) is 3.96. The molecule has 2 rings (SSSR count). The summed E-state index contributed by atoms with van der Waals surface area (Å²) in [4.78, 5) is 0.541. The molecule has 1 aliphatic carbocycles. The number of aryl methyl sites for hydroxylation is 1. The average molecular weight is 311 g/mol. The zero-order valence-corrected chi connectivity index (χ0v) is 12.8. The van der Waals surface area contributed by atoms with E-state index in [0.29, 0.717) is 4.83 Å². The SMILES string of the molecule is COCCCCC1CCCc2ccccc2C1Br. The van der Waals surface area contributed by atoms with Gasteiger partial charge < -0.3 is 4.74 Å². The Balaban J connectivity index is 1.97. The lowest BCUT2D eigenvalue weighted by atomic mass is 9.92. The molecule has 0 aliphatic heterocycles. The standard InChI is InChI=1S/C16H23BrO/c1-18-12-5-4-8-14-10-6-9-13-7-2-3-11-15(13)16(14)17/h2-3,7,11,14,16H,4-6,8-10,12H2,1H3. The van der Waals surface area contributed by atoms with Crippen LogP contribution in [0.25, 0.3) is 0 Å². The summed E-state index contributed by atoms with van der Waals surface area (Å²) in [7, 11) is 1.79. The highest BCUT2D eigenvalue weighted by Gasteiger charge is 2.24. The van der Waals surface area contributed by atoms with Gasteiger partial charge in [0.15, 0.2) is 0 Å². The second kappa shape index (κ2) is 7.30. The molecular weight excluding hydrogens is 288 g/mol. The van der Waals surface area contributed by atoms with E-state index >= 15 is 0 Å². The Morgan fingerprint density at radius 2 is 2.11 bits per heavy atom. The van der Waals surface area contributed by atoms with Crippen LogP contribution in [0.3, 0.4) is 0 Å². The number of methoxy groups -OCH3 is 1. The molecule has 0 saturated heterocycles. The van der Waals surface area contributed by atoms with E-state index in [2.05, 4.69) is 40.2 Å². The van der Waals surface area contributed by atoms with Crippen LogP contribution in [0.5, 0.6) is 0 Å². The summed E-state index contributed by atoms with van der Waals surface area (Å²) in [5.74, 6) is 0.783. The van der Waals surface area contributed by atoms with Gasteiger partial charge in [0.1, 0.15) is 0 Å². The largest absolute Gasteiger partial charge is 0.385 e. The molecule has 0 aromatic heterocycles. The number of hydrogen-bond donors (Lipinski definition) is 0. The van der Waals surface area contributed by atoms with Crippen molar-refractivity contribution in [2.75, 3.05) is 13.7 Å². The van der Waals surface area contributed by atoms with Crippen LogP contribution in [0.1, 0.15) is 48.1 Å². The average Bonchev–Trinajstić information content (AvgIpc) is 2.56. The van der Waals surface area contributed by atoms with Crippen molar-refractivity contribution < 1.29 is 4.74 Å². The minimum atomic E-state index is 0.541. The normalized spacial score (nSPS) is 23.4. The Morgan fingerprint density at radius 3 is 2.94 bits per heavy atom. The molecule has 0 fully saturated rings. The van der Waals surface area contributed by atoms with Crippen LogP contribution in [0, 0.1) is 5.92 Å². The van der Waals surface area contributed by atoms with Gasteiger partial charge in [0, 0.05) is 18.5 Å². The highest BCUT2D eigenvalue weighted by atomic mass is 79.9. The van der Waals surface area contributed by atoms with Crippen LogP contribution in [-0.4, -0.2) is 13.7 Å². The molecule has 0 bridgehead atoms. The first kappa shape index (κ1) is 14.1. The number of alkyl halides is 1. The second-order valence-electron chi connectivity index (χ2n) is 5.24. The summed E-state index contributed by atoms with van der Waals surface area (Å²) >= 11 is 3.94. The van der Waals surface area contributed by atoms with Gasteiger partial charge in [-0.3, -0.25) is 0 Å². The van der Waals surface area contributed by atoms with E-state index in [1.54, 1.807) is 12.7 Å². The van der Waals surface area contributed by atoms with Gasteiger partial charge in [0.05, 0.1) is 0 Å². The minimum absolute atomic E-state index is 0.541. The molecule has 0 N–H and O–H groups in total. The Kier molecular flexibility index (Phi) is 5.71. The monoisotopic (exact) mass is 310 g/mol. The van der Waals surface area contributed by atoms with E-state index in [1.165, 1.54) is 44.1 Å². The quantitative estimate of drug-likeness (QED) is 0.427. The fourth-order valence-electron chi connectivity index (χ4n) is 2.93. The van der Waals surface area contributed by atoms with Crippen molar-refractivity contribution in [1.29, 1.82) is 0 Å². The summed E-state index contributed by atoms with van der Waals surface area (Å²) in [6.07, 6.45) is 7.70. The highest BCUT2D eigenvalue weighted by Crippen LogP contribution is 2.41. The van der Waals surface area contributed by atoms with Gasteiger partial charge in [-0.05, 0) is 49.1 Å². The van der Waals surface area contributed by atoms with Crippen molar-refractivity contribution >= 4 is 15.9 Å². The van der Waals surface area contributed by atoms with E-state index < -0.39 is 0 Å². The van der Waals surface area contributed by atoms with Crippen molar-refractivity contribution in [2.24, 2.45) is 5.92 Å². The van der Waals surface area contributed by atoms with Gasteiger partial charge in [-0.1, -0.05) is 46.6 Å². The Hall–Kier alpha value is -0.340. The molecule has 2 heteroatoms. The van der Waals surface area contributed by atoms with Crippen molar-refractivity contribution in [3.63, 3.8) is 0 Å². The molecule has 1 aromatic carbocycles. The number of fused-ring (bicyclic) bond motifs is 1. The van der Waals surface area contributed by atoms with Crippen molar-refractivity contribution in [3.8, 4) is 0 Å². The van der Waals surface area contributed by atoms with E-state index in [0.717, 1.165) is 12.5 Å².